The summed E-state index contributed by atoms with van der Waals surface area (Å²) in [4.78, 5) is 26.8. The number of benzene rings is 1. The molecule has 0 aliphatic rings. The number of carbonyl (C=O) groups is 1. The van der Waals surface area contributed by atoms with Gasteiger partial charge in [-0.15, -0.1) is 0 Å². The number of alkyl halides is 3. The number of aromatic nitrogens is 4. The van der Waals surface area contributed by atoms with Gasteiger partial charge in [-0.25, -0.2) is 4.98 Å². The third-order valence-electron chi connectivity index (χ3n) is 4.61. The Morgan fingerprint density at radius 1 is 0.970 bits per heavy atom. The van der Waals surface area contributed by atoms with Crippen LogP contribution in [0.5, 0.6) is 5.75 Å². The van der Waals surface area contributed by atoms with Gasteiger partial charge in [-0.05, 0) is 54.1 Å². The monoisotopic (exact) mass is 453 g/mol. The summed E-state index contributed by atoms with van der Waals surface area (Å²) in [5, 5.41) is 2.76. The molecule has 0 saturated heterocycles. The maximum Gasteiger partial charge on any atom is 0.433 e. The number of aromatic amines is 1. The Kier molecular flexibility index (Phi) is 6.34. The molecule has 4 rings (SSSR count). The summed E-state index contributed by atoms with van der Waals surface area (Å²) in [6.07, 6.45) is 1.41. The van der Waals surface area contributed by atoms with Crippen LogP contribution in [0, 0.1) is 0 Å². The number of hydrogen-bond donors (Lipinski definition) is 2. The average molecular weight is 453 g/mol. The van der Waals surface area contributed by atoms with Gasteiger partial charge >= 0.3 is 6.18 Å². The van der Waals surface area contributed by atoms with Gasteiger partial charge in [0.25, 0.3) is 0 Å². The van der Waals surface area contributed by atoms with Crippen molar-refractivity contribution in [3.63, 3.8) is 0 Å². The van der Waals surface area contributed by atoms with Crippen LogP contribution in [0.4, 0.5) is 18.9 Å². The quantitative estimate of drug-likeness (QED) is 0.425. The van der Waals surface area contributed by atoms with Crippen LogP contribution < -0.4 is 10.1 Å². The molecular weight excluding hydrogens is 435 g/mol. The predicted molar refractivity (Wildman–Crippen MR) is 114 cm³/mol. The van der Waals surface area contributed by atoms with Gasteiger partial charge < -0.3 is 15.0 Å². The van der Waals surface area contributed by atoms with Gasteiger partial charge in [0.15, 0.2) is 0 Å². The Morgan fingerprint density at radius 2 is 1.73 bits per heavy atom. The fraction of sp³-hybridized carbons (Fsp3) is 0.130. The van der Waals surface area contributed by atoms with E-state index < -0.39 is 11.9 Å². The lowest BCUT2D eigenvalue weighted by atomic mass is 10.2. The number of pyridine rings is 2. The van der Waals surface area contributed by atoms with E-state index in [1.165, 1.54) is 12.3 Å². The van der Waals surface area contributed by atoms with Crippen molar-refractivity contribution in [2.24, 2.45) is 0 Å². The summed E-state index contributed by atoms with van der Waals surface area (Å²) < 4.78 is 43.6. The minimum Gasteiger partial charge on any atom is -0.489 e. The molecule has 168 valence electrons. The maximum absolute atomic E-state index is 12.6. The summed E-state index contributed by atoms with van der Waals surface area (Å²) >= 11 is 0. The van der Waals surface area contributed by atoms with Gasteiger partial charge in [0.05, 0.1) is 18.3 Å². The molecule has 0 radical (unpaired) electrons. The number of H-pyrrole nitrogens is 1. The highest BCUT2D eigenvalue weighted by molar-refractivity contribution is 5.91. The van der Waals surface area contributed by atoms with Crippen molar-refractivity contribution >= 4 is 11.6 Å². The zero-order chi connectivity index (χ0) is 23.3. The van der Waals surface area contributed by atoms with Crippen molar-refractivity contribution in [3.8, 4) is 17.0 Å². The van der Waals surface area contributed by atoms with E-state index in [0.717, 1.165) is 17.8 Å². The van der Waals surface area contributed by atoms with E-state index in [2.05, 4.69) is 25.3 Å². The van der Waals surface area contributed by atoms with Crippen molar-refractivity contribution in [2.45, 2.75) is 19.2 Å². The van der Waals surface area contributed by atoms with Gasteiger partial charge in [-0.2, -0.15) is 13.2 Å². The van der Waals surface area contributed by atoms with Crippen molar-refractivity contribution in [3.05, 3.63) is 90.4 Å². The molecule has 4 aromatic rings. The second-order valence-corrected chi connectivity index (χ2v) is 7.07. The molecule has 3 heterocycles. The third-order valence-corrected chi connectivity index (χ3v) is 4.61. The molecule has 10 heteroatoms. The van der Waals surface area contributed by atoms with Gasteiger partial charge in [-0.1, -0.05) is 0 Å². The fourth-order valence-corrected chi connectivity index (χ4v) is 2.96. The van der Waals surface area contributed by atoms with Crippen LogP contribution in [-0.2, 0) is 24.0 Å². The first-order chi connectivity index (χ1) is 15.9. The number of ether oxygens (including phenoxy) is 1. The fourth-order valence-electron chi connectivity index (χ4n) is 2.96. The first-order valence-electron chi connectivity index (χ1n) is 9.86. The van der Waals surface area contributed by atoms with Crippen LogP contribution in [0.15, 0.2) is 73.3 Å². The van der Waals surface area contributed by atoms with Crippen molar-refractivity contribution in [2.75, 3.05) is 5.32 Å². The highest BCUT2D eigenvalue weighted by atomic mass is 19.4. The Hall–Kier alpha value is -4.21. The second-order valence-electron chi connectivity index (χ2n) is 7.07. The number of halogens is 3. The molecule has 1 aromatic carbocycles. The average Bonchev–Trinajstić information content (AvgIpc) is 3.27. The van der Waals surface area contributed by atoms with E-state index in [1.807, 2.05) is 12.1 Å². The number of hydrogen-bond acceptors (Lipinski definition) is 5. The molecular formula is C23H18F3N5O2. The van der Waals surface area contributed by atoms with Crippen LogP contribution >= 0.6 is 0 Å². The molecule has 0 bridgehead atoms. The molecule has 2 N–H and O–H groups in total. The standard InChI is InChI=1S/C23H18F3N5O2/c24-23(25,26)20-6-1-16(12-28-20)19-13-29-21(31-19)11-22(32)30-17-2-4-18(5-3-17)33-14-15-7-9-27-10-8-15/h1-10,12-13H,11,14H2,(H,29,31)(H,30,32). The number of amides is 1. The largest absolute Gasteiger partial charge is 0.489 e. The van der Waals surface area contributed by atoms with Crippen LogP contribution in [0.2, 0.25) is 0 Å². The molecule has 33 heavy (non-hydrogen) atoms. The number of carbonyl (C=O) groups excluding carboxylic acids is 1. The van der Waals surface area contributed by atoms with Crippen LogP contribution in [-0.4, -0.2) is 25.8 Å². The Bertz CT molecular complexity index is 1210. The Balaban J connectivity index is 1.30. The van der Waals surface area contributed by atoms with E-state index in [-0.39, 0.29) is 12.3 Å². The first-order valence-corrected chi connectivity index (χ1v) is 9.86. The molecule has 0 saturated carbocycles. The summed E-state index contributed by atoms with van der Waals surface area (Å²) in [6, 6.07) is 12.9. The SMILES string of the molecule is O=C(Cc1ncc(-c2ccc(C(F)(F)F)nc2)[nH]1)Nc1ccc(OCc2ccncc2)cc1. The van der Waals surface area contributed by atoms with Crippen LogP contribution in [0.1, 0.15) is 17.1 Å². The number of nitrogens with one attached hydrogen (secondary N) is 2. The number of imidazole rings is 1. The van der Waals surface area contributed by atoms with Gasteiger partial charge in [0.2, 0.25) is 5.91 Å². The third kappa shape index (κ3) is 5.94. The minimum absolute atomic E-state index is 0.0334. The summed E-state index contributed by atoms with van der Waals surface area (Å²) in [5.74, 6) is 0.734. The zero-order valence-electron chi connectivity index (χ0n) is 17.1. The molecule has 3 aromatic heterocycles. The predicted octanol–water partition coefficient (Wildman–Crippen LogP) is 4.65. The summed E-state index contributed by atoms with van der Waals surface area (Å²) in [6.45, 7) is 0.406. The molecule has 7 nitrogen and oxygen atoms in total. The smallest absolute Gasteiger partial charge is 0.433 e. The zero-order valence-corrected chi connectivity index (χ0v) is 17.1. The van der Waals surface area contributed by atoms with E-state index in [1.54, 1.807) is 36.7 Å². The summed E-state index contributed by atoms with van der Waals surface area (Å²) in [7, 11) is 0. The molecule has 0 aliphatic heterocycles. The van der Waals surface area contributed by atoms with E-state index in [0.29, 0.717) is 35.1 Å². The highest BCUT2D eigenvalue weighted by Gasteiger charge is 2.32. The number of anilines is 1. The molecule has 0 spiro atoms. The second kappa shape index (κ2) is 9.51. The lowest BCUT2D eigenvalue weighted by molar-refractivity contribution is -0.141. The Morgan fingerprint density at radius 3 is 2.39 bits per heavy atom. The minimum atomic E-state index is -4.50. The van der Waals surface area contributed by atoms with Gasteiger partial charge in [0.1, 0.15) is 23.9 Å². The lowest BCUT2D eigenvalue weighted by Gasteiger charge is -2.08. The van der Waals surface area contributed by atoms with Crippen LogP contribution in [0.25, 0.3) is 11.3 Å². The molecule has 0 fully saturated rings. The Labute approximate surface area is 186 Å². The molecule has 0 atom stereocenters. The van der Waals surface area contributed by atoms with E-state index >= 15 is 0 Å². The number of rotatable bonds is 7. The van der Waals surface area contributed by atoms with Gasteiger partial charge in [-0.3, -0.25) is 14.8 Å². The maximum atomic E-state index is 12.6. The normalized spacial score (nSPS) is 11.2. The molecule has 0 aliphatic carbocycles. The topological polar surface area (TPSA) is 92.8 Å². The molecule has 1 amide bonds. The number of nitrogens with zero attached hydrogens (tertiary/aromatic N) is 3. The van der Waals surface area contributed by atoms with E-state index in [4.69, 9.17) is 4.74 Å². The van der Waals surface area contributed by atoms with Crippen molar-refractivity contribution < 1.29 is 22.7 Å². The highest BCUT2D eigenvalue weighted by Crippen LogP contribution is 2.28. The van der Waals surface area contributed by atoms with Crippen molar-refractivity contribution in [1.29, 1.82) is 0 Å². The summed E-state index contributed by atoms with van der Waals surface area (Å²) in [5.41, 5.74) is 1.51. The van der Waals surface area contributed by atoms with Crippen LogP contribution in [0.3, 0.4) is 0 Å². The lowest BCUT2D eigenvalue weighted by Crippen LogP contribution is -2.15. The molecule has 0 unspecified atom stereocenters. The first kappa shape index (κ1) is 22.0. The van der Waals surface area contributed by atoms with Gasteiger partial charge in [0, 0.05) is 29.8 Å². The van der Waals surface area contributed by atoms with Crippen molar-refractivity contribution in [1.82, 2.24) is 19.9 Å². The van der Waals surface area contributed by atoms with E-state index in [9.17, 15) is 18.0 Å².